The van der Waals surface area contributed by atoms with Gasteiger partial charge in [0.05, 0.1) is 23.4 Å². The third-order valence-electron chi connectivity index (χ3n) is 2.58. The third kappa shape index (κ3) is 3.32. The number of rotatable bonds is 5. The number of aryl methyl sites for hydroxylation is 2. The van der Waals surface area contributed by atoms with Gasteiger partial charge in [-0.05, 0) is 27.7 Å². The van der Waals surface area contributed by atoms with Crippen molar-refractivity contribution in [2.75, 3.05) is 17.7 Å². The number of nitrogen functional groups attached to an aromatic ring is 1. The molecule has 0 bridgehead atoms. The molecule has 0 aromatic carbocycles. The lowest BCUT2D eigenvalue weighted by Crippen LogP contribution is -2.12. The van der Waals surface area contributed by atoms with Gasteiger partial charge >= 0.3 is 6.01 Å². The number of hydrogen-bond acceptors (Lipinski definition) is 8. The average Bonchev–Trinajstić information content (AvgIpc) is 2.68. The van der Waals surface area contributed by atoms with Crippen LogP contribution in [0.25, 0.3) is 0 Å². The van der Waals surface area contributed by atoms with Crippen molar-refractivity contribution in [3.05, 3.63) is 15.6 Å². The summed E-state index contributed by atoms with van der Waals surface area (Å²) in [6.45, 7) is 8.34. The minimum atomic E-state index is 0.0393. The Morgan fingerprint density at radius 1 is 1.25 bits per heavy atom. The fraction of sp³-hybridized carbons (Fsp3) is 0.500. The lowest BCUT2D eigenvalue weighted by Gasteiger charge is -2.13. The Hall–Kier alpha value is -1.96. The summed E-state index contributed by atoms with van der Waals surface area (Å²) in [5.74, 6) is 0.536. The molecular weight excluding hydrogens is 276 g/mol. The summed E-state index contributed by atoms with van der Waals surface area (Å²) in [5, 5.41) is 4.24. The van der Waals surface area contributed by atoms with Crippen LogP contribution in [0, 0.1) is 13.8 Å². The van der Waals surface area contributed by atoms with Crippen molar-refractivity contribution >= 4 is 23.2 Å². The van der Waals surface area contributed by atoms with Gasteiger partial charge < -0.3 is 15.8 Å². The first-order valence-electron chi connectivity index (χ1n) is 6.34. The number of thiazole rings is 1. The topological polar surface area (TPSA) is 98.8 Å². The number of nitrogens with zero attached hydrogens (tertiary/aromatic N) is 4. The summed E-state index contributed by atoms with van der Waals surface area (Å²) >= 11 is 1.65. The second-order valence-corrected chi connectivity index (χ2v) is 5.52. The number of nitrogens with one attached hydrogen (secondary N) is 1. The fourth-order valence-corrected chi connectivity index (χ4v) is 2.77. The highest BCUT2D eigenvalue weighted by Crippen LogP contribution is 2.26. The molecule has 1 atom stereocenters. The minimum Gasteiger partial charge on any atom is -0.464 e. The van der Waals surface area contributed by atoms with E-state index in [1.165, 1.54) is 0 Å². The molecule has 2 aromatic rings. The summed E-state index contributed by atoms with van der Waals surface area (Å²) < 4.78 is 5.25. The van der Waals surface area contributed by atoms with Gasteiger partial charge in [0.25, 0.3) is 0 Å². The summed E-state index contributed by atoms with van der Waals surface area (Å²) in [6, 6.07) is 0.268. The van der Waals surface area contributed by atoms with E-state index in [1.54, 1.807) is 11.3 Å². The number of ether oxygens (including phenoxy) is 1. The van der Waals surface area contributed by atoms with E-state index in [-0.39, 0.29) is 18.0 Å². The first-order chi connectivity index (χ1) is 9.49. The predicted octanol–water partition coefficient (Wildman–Crippen LogP) is 2.10. The molecule has 2 aromatic heterocycles. The molecule has 0 aliphatic heterocycles. The first-order valence-corrected chi connectivity index (χ1v) is 7.16. The highest BCUT2D eigenvalue weighted by Gasteiger charge is 2.15. The van der Waals surface area contributed by atoms with Gasteiger partial charge in [-0.2, -0.15) is 15.0 Å². The lowest BCUT2D eigenvalue weighted by molar-refractivity contribution is 0.312. The van der Waals surface area contributed by atoms with E-state index in [0.29, 0.717) is 12.6 Å². The van der Waals surface area contributed by atoms with Crippen molar-refractivity contribution in [3.63, 3.8) is 0 Å². The van der Waals surface area contributed by atoms with Gasteiger partial charge in [-0.1, -0.05) is 0 Å². The SMILES string of the molecule is CCOc1nc(N)nc(NC(C)c2sc(C)nc2C)n1. The van der Waals surface area contributed by atoms with Crippen LogP contribution in [0.15, 0.2) is 0 Å². The van der Waals surface area contributed by atoms with Gasteiger partial charge in [0, 0.05) is 4.88 Å². The fourth-order valence-electron chi connectivity index (χ4n) is 1.84. The zero-order valence-electron chi connectivity index (χ0n) is 12.0. The number of nitrogens with two attached hydrogens (primary N) is 1. The van der Waals surface area contributed by atoms with E-state index in [4.69, 9.17) is 10.5 Å². The number of aromatic nitrogens is 4. The van der Waals surface area contributed by atoms with Crippen molar-refractivity contribution in [1.82, 2.24) is 19.9 Å². The molecule has 20 heavy (non-hydrogen) atoms. The van der Waals surface area contributed by atoms with E-state index in [9.17, 15) is 0 Å². The molecule has 0 radical (unpaired) electrons. The molecule has 2 heterocycles. The second kappa shape index (κ2) is 6.00. The third-order valence-corrected chi connectivity index (χ3v) is 3.84. The highest BCUT2D eigenvalue weighted by atomic mass is 32.1. The Balaban J connectivity index is 2.18. The molecule has 0 amide bonds. The Morgan fingerprint density at radius 3 is 2.60 bits per heavy atom. The highest BCUT2D eigenvalue weighted by molar-refractivity contribution is 7.11. The zero-order valence-corrected chi connectivity index (χ0v) is 12.8. The number of hydrogen-bond donors (Lipinski definition) is 2. The van der Waals surface area contributed by atoms with Crippen molar-refractivity contribution in [2.45, 2.75) is 33.7 Å². The summed E-state index contributed by atoms with van der Waals surface area (Å²) in [4.78, 5) is 17.7. The molecule has 0 aliphatic rings. The van der Waals surface area contributed by atoms with Gasteiger partial charge in [0.15, 0.2) is 0 Å². The molecule has 1 unspecified atom stereocenters. The zero-order chi connectivity index (χ0) is 14.7. The van der Waals surface area contributed by atoms with E-state index >= 15 is 0 Å². The van der Waals surface area contributed by atoms with Gasteiger partial charge in [0.1, 0.15) is 0 Å². The Kier molecular flexibility index (Phi) is 4.33. The Labute approximate surface area is 121 Å². The predicted molar refractivity (Wildman–Crippen MR) is 79.0 cm³/mol. The van der Waals surface area contributed by atoms with E-state index in [2.05, 4.69) is 25.3 Å². The summed E-state index contributed by atoms with van der Waals surface area (Å²) in [6.07, 6.45) is 0. The maximum Gasteiger partial charge on any atom is 0.323 e. The van der Waals surface area contributed by atoms with Crippen LogP contribution < -0.4 is 15.8 Å². The molecule has 0 fully saturated rings. The van der Waals surface area contributed by atoms with Crippen LogP contribution >= 0.6 is 11.3 Å². The minimum absolute atomic E-state index is 0.0393. The van der Waals surface area contributed by atoms with Crippen molar-refractivity contribution in [1.29, 1.82) is 0 Å². The normalized spacial score (nSPS) is 12.2. The van der Waals surface area contributed by atoms with Gasteiger partial charge in [-0.3, -0.25) is 0 Å². The van der Waals surface area contributed by atoms with E-state index < -0.39 is 0 Å². The summed E-state index contributed by atoms with van der Waals surface area (Å²) in [5.41, 5.74) is 6.66. The Morgan fingerprint density at radius 2 is 2.00 bits per heavy atom. The van der Waals surface area contributed by atoms with Crippen molar-refractivity contribution in [3.8, 4) is 6.01 Å². The molecule has 7 nitrogen and oxygen atoms in total. The largest absolute Gasteiger partial charge is 0.464 e. The summed E-state index contributed by atoms with van der Waals surface area (Å²) in [7, 11) is 0. The smallest absolute Gasteiger partial charge is 0.323 e. The van der Waals surface area contributed by atoms with Crippen molar-refractivity contribution < 1.29 is 4.74 Å². The van der Waals surface area contributed by atoms with Crippen LogP contribution in [0.3, 0.4) is 0 Å². The van der Waals surface area contributed by atoms with Crippen molar-refractivity contribution in [2.24, 2.45) is 0 Å². The van der Waals surface area contributed by atoms with Gasteiger partial charge in [-0.15, -0.1) is 11.3 Å². The first kappa shape index (κ1) is 14.4. The molecule has 2 rings (SSSR count). The van der Waals surface area contributed by atoms with Crippen LogP contribution in [0.1, 0.15) is 35.5 Å². The van der Waals surface area contributed by atoms with E-state index in [1.807, 2.05) is 27.7 Å². The van der Waals surface area contributed by atoms with Crippen LogP contribution in [-0.4, -0.2) is 26.5 Å². The van der Waals surface area contributed by atoms with Crippen LogP contribution in [0.4, 0.5) is 11.9 Å². The Bertz CT molecular complexity index is 600. The molecule has 0 aliphatic carbocycles. The average molecular weight is 294 g/mol. The second-order valence-electron chi connectivity index (χ2n) is 4.28. The quantitative estimate of drug-likeness (QED) is 0.871. The molecule has 0 saturated carbocycles. The molecule has 0 spiro atoms. The van der Waals surface area contributed by atoms with Crippen LogP contribution in [0.5, 0.6) is 6.01 Å². The molecule has 108 valence electrons. The lowest BCUT2D eigenvalue weighted by atomic mass is 10.2. The monoisotopic (exact) mass is 294 g/mol. The number of anilines is 2. The molecular formula is C12H18N6OS. The maximum absolute atomic E-state index is 5.65. The van der Waals surface area contributed by atoms with Crippen LogP contribution in [-0.2, 0) is 0 Å². The molecule has 0 saturated heterocycles. The molecule has 8 heteroatoms. The maximum atomic E-state index is 5.65. The van der Waals surface area contributed by atoms with Gasteiger partial charge in [0.2, 0.25) is 11.9 Å². The molecule has 3 N–H and O–H groups in total. The van der Waals surface area contributed by atoms with Crippen LogP contribution in [0.2, 0.25) is 0 Å². The van der Waals surface area contributed by atoms with Gasteiger partial charge in [-0.25, -0.2) is 4.98 Å². The standard InChI is InChI=1S/C12H18N6OS/c1-5-19-12-17-10(13)16-11(18-12)15-7(3)9-6(2)14-8(4)20-9/h7H,5H2,1-4H3,(H3,13,15,16,17,18). The van der Waals surface area contributed by atoms with E-state index in [0.717, 1.165) is 15.6 Å².